The van der Waals surface area contributed by atoms with Gasteiger partial charge in [0.15, 0.2) is 5.75 Å². The van der Waals surface area contributed by atoms with Crippen LogP contribution in [0.1, 0.15) is 18.9 Å². The number of thioether (sulfide) groups is 1. The van der Waals surface area contributed by atoms with Gasteiger partial charge in [-0.3, -0.25) is 19.8 Å². The highest BCUT2D eigenvalue weighted by Gasteiger charge is 2.31. The Bertz CT molecular complexity index is 673. The molecule has 0 radical (unpaired) electrons. The first-order valence-corrected chi connectivity index (χ1v) is 7.78. The van der Waals surface area contributed by atoms with Crippen LogP contribution in [0, 0.1) is 10.1 Å². The average Bonchev–Trinajstić information content (AvgIpc) is 2.75. The van der Waals surface area contributed by atoms with E-state index in [1.807, 2.05) is 6.92 Å². The minimum atomic E-state index is -0.515. The average molecular weight is 338 g/mol. The molecule has 8 heteroatoms. The maximum absolute atomic E-state index is 12.2. The zero-order valence-electron chi connectivity index (χ0n) is 12.1. The maximum atomic E-state index is 12.2. The number of methoxy groups -OCH3 is 1. The zero-order chi connectivity index (χ0) is 16.3. The van der Waals surface area contributed by atoms with Crippen LogP contribution in [0.2, 0.25) is 0 Å². The van der Waals surface area contributed by atoms with E-state index in [1.165, 1.54) is 31.0 Å². The molecule has 1 aliphatic heterocycles. The SMILES string of the molecule is CCCN1C(=O)/C(=C/c2ccc(OC)c([N+](=O)[O-])c2)SC1=S. The Morgan fingerprint density at radius 2 is 2.23 bits per heavy atom. The summed E-state index contributed by atoms with van der Waals surface area (Å²) in [5.74, 6) is 0.0241. The van der Waals surface area contributed by atoms with E-state index in [1.54, 1.807) is 17.0 Å². The number of nitrogens with zero attached hydrogens (tertiary/aromatic N) is 2. The van der Waals surface area contributed by atoms with Crippen LogP contribution in [0.5, 0.6) is 5.75 Å². The third kappa shape index (κ3) is 3.28. The standard InChI is InChI=1S/C14H14N2O4S2/c1-3-6-15-13(17)12(22-14(15)21)8-9-4-5-11(20-2)10(7-9)16(18)19/h4-5,7-8H,3,6H2,1-2H3/b12-8-. The minimum Gasteiger partial charge on any atom is -0.490 e. The first kappa shape index (κ1) is 16.4. The van der Waals surface area contributed by atoms with Crippen LogP contribution in [0.4, 0.5) is 5.69 Å². The molecule has 0 aliphatic carbocycles. The van der Waals surface area contributed by atoms with Crippen LogP contribution in [0.25, 0.3) is 6.08 Å². The van der Waals surface area contributed by atoms with Crippen molar-refractivity contribution < 1.29 is 14.5 Å². The van der Waals surface area contributed by atoms with Crippen LogP contribution in [-0.4, -0.2) is 33.7 Å². The van der Waals surface area contributed by atoms with E-state index in [0.29, 0.717) is 21.3 Å². The van der Waals surface area contributed by atoms with Crippen molar-refractivity contribution in [1.29, 1.82) is 0 Å². The summed E-state index contributed by atoms with van der Waals surface area (Å²) in [5.41, 5.74) is 0.421. The molecule has 1 amide bonds. The van der Waals surface area contributed by atoms with Gasteiger partial charge in [-0.2, -0.15) is 0 Å². The molecule has 0 spiro atoms. The van der Waals surface area contributed by atoms with E-state index in [9.17, 15) is 14.9 Å². The first-order valence-electron chi connectivity index (χ1n) is 6.55. The Hall–Kier alpha value is -1.93. The third-order valence-electron chi connectivity index (χ3n) is 3.02. The lowest BCUT2D eigenvalue weighted by Gasteiger charge is -2.11. The minimum absolute atomic E-state index is 0.139. The van der Waals surface area contributed by atoms with Crippen molar-refractivity contribution in [3.05, 3.63) is 38.8 Å². The molecule has 0 atom stereocenters. The molecule has 116 valence electrons. The third-order valence-corrected chi connectivity index (χ3v) is 4.40. The van der Waals surface area contributed by atoms with Gasteiger partial charge in [-0.1, -0.05) is 37.0 Å². The zero-order valence-corrected chi connectivity index (χ0v) is 13.7. The Morgan fingerprint density at radius 1 is 1.50 bits per heavy atom. The Labute approximate surface area is 137 Å². The fraction of sp³-hybridized carbons (Fsp3) is 0.286. The summed E-state index contributed by atoms with van der Waals surface area (Å²) in [6.07, 6.45) is 2.43. The highest BCUT2D eigenvalue weighted by molar-refractivity contribution is 8.26. The molecule has 0 bridgehead atoms. The van der Waals surface area contributed by atoms with E-state index >= 15 is 0 Å². The van der Waals surface area contributed by atoms with Crippen LogP contribution in [0.15, 0.2) is 23.1 Å². The van der Waals surface area contributed by atoms with Gasteiger partial charge in [0.05, 0.1) is 16.9 Å². The van der Waals surface area contributed by atoms with Crippen LogP contribution in [-0.2, 0) is 4.79 Å². The molecular weight excluding hydrogens is 324 g/mol. The van der Waals surface area contributed by atoms with Crippen molar-refractivity contribution in [3.63, 3.8) is 0 Å². The molecule has 6 nitrogen and oxygen atoms in total. The quantitative estimate of drug-likeness (QED) is 0.355. The molecule has 0 saturated carbocycles. The van der Waals surface area contributed by atoms with Crippen molar-refractivity contribution in [3.8, 4) is 5.75 Å². The normalized spacial score (nSPS) is 16.5. The van der Waals surface area contributed by atoms with Gasteiger partial charge in [0.1, 0.15) is 4.32 Å². The highest BCUT2D eigenvalue weighted by Crippen LogP contribution is 2.34. The molecule has 22 heavy (non-hydrogen) atoms. The summed E-state index contributed by atoms with van der Waals surface area (Å²) in [4.78, 5) is 24.8. The summed E-state index contributed by atoms with van der Waals surface area (Å²) in [6, 6.07) is 4.56. The second-order valence-corrected chi connectivity index (χ2v) is 6.20. The van der Waals surface area contributed by atoms with Gasteiger partial charge in [-0.25, -0.2) is 0 Å². The topological polar surface area (TPSA) is 72.7 Å². The van der Waals surface area contributed by atoms with E-state index in [4.69, 9.17) is 17.0 Å². The van der Waals surface area contributed by atoms with Gasteiger partial charge in [0, 0.05) is 12.6 Å². The molecular formula is C14H14N2O4S2. The molecule has 0 N–H and O–H groups in total. The summed E-state index contributed by atoms with van der Waals surface area (Å²) in [6.45, 7) is 2.54. The Morgan fingerprint density at radius 3 is 2.82 bits per heavy atom. The van der Waals surface area contributed by atoms with Crippen LogP contribution in [0.3, 0.4) is 0 Å². The predicted molar refractivity (Wildman–Crippen MR) is 89.8 cm³/mol. The molecule has 1 saturated heterocycles. The van der Waals surface area contributed by atoms with Crippen molar-refractivity contribution in [2.45, 2.75) is 13.3 Å². The molecule has 1 fully saturated rings. The van der Waals surface area contributed by atoms with E-state index < -0.39 is 4.92 Å². The number of hydrogen-bond donors (Lipinski definition) is 0. The number of nitro benzene ring substituents is 1. The second-order valence-electron chi connectivity index (χ2n) is 4.52. The largest absolute Gasteiger partial charge is 0.490 e. The van der Waals surface area contributed by atoms with E-state index in [0.717, 1.165) is 6.42 Å². The van der Waals surface area contributed by atoms with Gasteiger partial charge in [-0.15, -0.1) is 0 Å². The number of carbonyl (C=O) groups excluding carboxylic acids is 1. The van der Waals surface area contributed by atoms with Gasteiger partial charge in [0.25, 0.3) is 5.91 Å². The number of thiocarbonyl (C=S) groups is 1. The van der Waals surface area contributed by atoms with Crippen LogP contribution >= 0.6 is 24.0 Å². The summed E-state index contributed by atoms with van der Waals surface area (Å²) in [5, 5.41) is 11.0. The van der Waals surface area contributed by atoms with Crippen LogP contribution < -0.4 is 4.74 Å². The van der Waals surface area contributed by atoms with Crippen molar-refractivity contribution in [2.24, 2.45) is 0 Å². The van der Waals surface area contributed by atoms with Crippen molar-refractivity contribution in [1.82, 2.24) is 4.90 Å². The lowest BCUT2D eigenvalue weighted by molar-refractivity contribution is -0.385. The number of amides is 1. The number of benzene rings is 1. The molecule has 2 rings (SSSR count). The monoisotopic (exact) mass is 338 g/mol. The number of hydrogen-bond acceptors (Lipinski definition) is 6. The second kappa shape index (κ2) is 6.89. The number of carbonyl (C=O) groups is 1. The predicted octanol–water partition coefficient (Wildman–Crippen LogP) is 3.21. The molecule has 1 aromatic rings. The highest BCUT2D eigenvalue weighted by atomic mass is 32.2. The van der Waals surface area contributed by atoms with Crippen molar-refractivity contribution >= 4 is 46.0 Å². The molecule has 1 heterocycles. The Balaban J connectivity index is 2.34. The summed E-state index contributed by atoms with van der Waals surface area (Å²) >= 11 is 6.39. The number of nitro groups is 1. The first-order chi connectivity index (χ1) is 10.5. The lowest BCUT2D eigenvalue weighted by Crippen LogP contribution is -2.28. The van der Waals surface area contributed by atoms with Gasteiger partial charge in [-0.05, 0) is 24.1 Å². The molecule has 1 aliphatic rings. The van der Waals surface area contributed by atoms with Gasteiger partial charge in [0.2, 0.25) is 0 Å². The fourth-order valence-corrected chi connectivity index (χ4v) is 3.32. The van der Waals surface area contributed by atoms with Gasteiger partial charge >= 0.3 is 5.69 Å². The fourth-order valence-electron chi connectivity index (χ4n) is 2.01. The van der Waals surface area contributed by atoms with Gasteiger partial charge < -0.3 is 4.74 Å². The Kier molecular flexibility index (Phi) is 5.15. The molecule has 0 aromatic heterocycles. The van der Waals surface area contributed by atoms with E-state index in [-0.39, 0.29) is 17.3 Å². The molecule has 0 unspecified atom stereocenters. The van der Waals surface area contributed by atoms with Crippen molar-refractivity contribution in [2.75, 3.05) is 13.7 Å². The van der Waals surface area contributed by atoms with E-state index in [2.05, 4.69) is 0 Å². The number of rotatable bonds is 5. The summed E-state index contributed by atoms with van der Waals surface area (Å²) in [7, 11) is 1.37. The smallest absolute Gasteiger partial charge is 0.311 e. The maximum Gasteiger partial charge on any atom is 0.311 e. The molecule has 1 aromatic carbocycles. The summed E-state index contributed by atoms with van der Waals surface area (Å²) < 4.78 is 5.47. The lowest BCUT2D eigenvalue weighted by atomic mass is 10.1. The number of ether oxygens (including phenoxy) is 1.